The summed E-state index contributed by atoms with van der Waals surface area (Å²) in [6.07, 6.45) is 2.21. The highest BCUT2D eigenvalue weighted by Gasteiger charge is 2.28. The summed E-state index contributed by atoms with van der Waals surface area (Å²) < 4.78 is 0. The van der Waals surface area contributed by atoms with Crippen molar-refractivity contribution in [3.05, 3.63) is 18.2 Å². The number of hydrogen-bond donors (Lipinski definition) is 7. The van der Waals surface area contributed by atoms with Crippen LogP contribution >= 0.6 is 12.6 Å². The van der Waals surface area contributed by atoms with Crippen molar-refractivity contribution in [2.75, 3.05) is 5.75 Å². The number of aromatic nitrogens is 2. The molecule has 0 spiro atoms. The summed E-state index contributed by atoms with van der Waals surface area (Å²) in [5.41, 5.74) is 6.26. The van der Waals surface area contributed by atoms with Crippen molar-refractivity contribution in [3.8, 4) is 0 Å². The number of nitrogens with one attached hydrogen (secondary N) is 3. The second-order valence-electron chi connectivity index (χ2n) is 5.62. The molecule has 0 aromatic carbocycles. The fourth-order valence-electron chi connectivity index (χ4n) is 2.04. The monoisotopic (exact) mass is 373 g/mol. The molecule has 0 radical (unpaired) electrons. The molecule has 1 rings (SSSR count). The fourth-order valence-corrected chi connectivity index (χ4v) is 2.28. The number of carboxylic acid groups (broad SMARTS) is 1. The van der Waals surface area contributed by atoms with Crippen molar-refractivity contribution in [1.29, 1.82) is 0 Å². The molecular weight excluding hydrogens is 350 g/mol. The summed E-state index contributed by atoms with van der Waals surface area (Å²) in [6.45, 7) is 1.49. The minimum Gasteiger partial charge on any atom is -0.480 e. The summed E-state index contributed by atoms with van der Waals surface area (Å²) in [5.74, 6) is -2.65. The first kappa shape index (κ1) is 20.9. The van der Waals surface area contributed by atoms with Crippen LogP contribution in [0.25, 0.3) is 0 Å². The highest BCUT2D eigenvalue weighted by Crippen LogP contribution is 2.02. The maximum absolute atomic E-state index is 12.4. The number of thiol groups is 1. The van der Waals surface area contributed by atoms with E-state index < -0.39 is 42.0 Å². The number of aliphatic carboxylic acids is 1. The van der Waals surface area contributed by atoms with E-state index in [9.17, 15) is 19.5 Å². The van der Waals surface area contributed by atoms with Crippen LogP contribution in [-0.4, -0.2) is 67.9 Å². The Kier molecular flexibility index (Phi) is 8.38. The number of aliphatic hydroxyl groups is 1. The van der Waals surface area contributed by atoms with Crippen molar-refractivity contribution < 1.29 is 24.6 Å². The lowest BCUT2D eigenvalue weighted by Gasteiger charge is -2.22. The number of hydrogen-bond acceptors (Lipinski definition) is 7. The second-order valence-corrected chi connectivity index (χ2v) is 5.98. The number of nitrogens with zero attached hydrogens (tertiary/aromatic N) is 1. The Hall–Kier alpha value is -2.11. The zero-order chi connectivity index (χ0) is 19.0. The van der Waals surface area contributed by atoms with Gasteiger partial charge in [0.15, 0.2) is 0 Å². The SMILES string of the molecule is C[C@@H](O)C[C@H](N)C(=O)N[C@@H](Cc1cnc[nH]1)C(=O)N[C@@H](CS)C(=O)O. The standard InChI is InChI=1S/C14H23N5O5S/c1-7(20)2-9(15)12(21)18-10(3-8-4-16-6-17-8)13(22)19-11(5-25)14(23)24/h4,6-7,9-11,20,25H,2-3,5,15H2,1H3,(H,16,17)(H,18,21)(H,19,22)(H,23,24)/t7-,9+,10+,11+/m1/s1. The van der Waals surface area contributed by atoms with Crippen LogP contribution in [0, 0.1) is 0 Å². The van der Waals surface area contributed by atoms with Crippen LogP contribution in [0.1, 0.15) is 19.0 Å². The normalized spacial score (nSPS) is 15.7. The maximum atomic E-state index is 12.4. The van der Waals surface area contributed by atoms with Gasteiger partial charge in [0, 0.05) is 24.1 Å². The number of nitrogens with two attached hydrogens (primary N) is 1. The smallest absolute Gasteiger partial charge is 0.327 e. The van der Waals surface area contributed by atoms with E-state index in [0.717, 1.165) is 0 Å². The van der Waals surface area contributed by atoms with E-state index in [1.54, 1.807) is 0 Å². The largest absolute Gasteiger partial charge is 0.480 e. The van der Waals surface area contributed by atoms with Crippen LogP contribution in [0.4, 0.5) is 0 Å². The van der Waals surface area contributed by atoms with Crippen LogP contribution in [0.3, 0.4) is 0 Å². The molecule has 4 atom stereocenters. The third kappa shape index (κ3) is 7.11. The molecule has 140 valence electrons. The average Bonchev–Trinajstić information content (AvgIpc) is 3.03. The van der Waals surface area contributed by atoms with Gasteiger partial charge in [-0.15, -0.1) is 0 Å². The number of rotatable bonds is 10. The van der Waals surface area contributed by atoms with Crippen LogP contribution < -0.4 is 16.4 Å². The number of carboxylic acids is 1. The molecule has 0 bridgehead atoms. The Balaban J connectivity index is 2.83. The number of imidazole rings is 1. The zero-order valence-electron chi connectivity index (χ0n) is 13.7. The molecule has 0 saturated heterocycles. The highest BCUT2D eigenvalue weighted by molar-refractivity contribution is 7.80. The number of H-pyrrole nitrogens is 1. The molecular formula is C14H23N5O5S. The number of aromatic amines is 1. The molecule has 1 aromatic rings. The van der Waals surface area contributed by atoms with Crippen molar-refractivity contribution in [2.24, 2.45) is 5.73 Å². The fraction of sp³-hybridized carbons (Fsp3) is 0.571. The average molecular weight is 373 g/mol. The second kappa shape index (κ2) is 10.0. The van der Waals surface area contributed by atoms with Gasteiger partial charge in [0.25, 0.3) is 0 Å². The first-order chi connectivity index (χ1) is 11.7. The van der Waals surface area contributed by atoms with E-state index in [1.807, 2.05) is 0 Å². The molecule has 2 amide bonds. The third-order valence-electron chi connectivity index (χ3n) is 3.34. The van der Waals surface area contributed by atoms with Crippen LogP contribution in [0.2, 0.25) is 0 Å². The quantitative estimate of drug-likeness (QED) is 0.233. The minimum atomic E-state index is -1.24. The summed E-state index contributed by atoms with van der Waals surface area (Å²) in [4.78, 5) is 42.2. The molecule has 1 aromatic heterocycles. The van der Waals surface area contributed by atoms with Gasteiger partial charge in [0.2, 0.25) is 11.8 Å². The zero-order valence-corrected chi connectivity index (χ0v) is 14.6. The van der Waals surface area contributed by atoms with Crippen LogP contribution in [0.15, 0.2) is 12.5 Å². The summed E-state index contributed by atoms with van der Waals surface area (Å²) >= 11 is 3.88. The van der Waals surface area contributed by atoms with Crippen molar-refractivity contribution in [3.63, 3.8) is 0 Å². The van der Waals surface area contributed by atoms with Gasteiger partial charge in [0.1, 0.15) is 12.1 Å². The Labute approximate surface area is 150 Å². The molecule has 10 nitrogen and oxygen atoms in total. The van der Waals surface area contributed by atoms with E-state index in [1.165, 1.54) is 19.4 Å². The van der Waals surface area contributed by atoms with Crippen molar-refractivity contribution in [2.45, 2.75) is 44.0 Å². The van der Waals surface area contributed by atoms with Gasteiger partial charge in [-0.3, -0.25) is 9.59 Å². The maximum Gasteiger partial charge on any atom is 0.327 e. The first-order valence-electron chi connectivity index (χ1n) is 7.59. The summed E-state index contributed by atoms with van der Waals surface area (Å²) in [7, 11) is 0. The minimum absolute atomic E-state index is 0.0264. The Morgan fingerprint density at radius 3 is 2.44 bits per heavy atom. The molecule has 1 heterocycles. The molecule has 0 aliphatic rings. The molecule has 0 aliphatic heterocycles. The van der Waals surface area contributed by atoms with Gasteiger partial charge in [-0.05, 0) is 13.3 Å². The Morgan fingerprint density at radius 1 is 1.32 bits per heavy atom. The van der Waals surface area contributed by atoms with Crippen molar-refractivity contribution in [1.82, 2.24) is 20.6 Å². The Bertz CT molecular complexity index is 580. The lowest BCUT2D eigenvalue weighted by Crippen LogP contribution is -2.55. The van der Waals surface area contributed by atoms with Crippen LogP contribution in [-0.2, 0) is 20.8 Å². The molecule has 0 saturated carbocycles. The van der Waals surface area contributed by atoms with E-state index in [4.69, 9.17) is 10.8 Å². The van der Waals surface area contributed by atoms with Gasteiger partial charge >= 0.3 is 5.97 Å². The molecule has 11 heteroatoms. The molecule has 7 N–H and O–H groups in total. The topological polar surface area (TPSA) is 170 Å². The van der Waals surface area contributed by atoms with Gasteiger partial charge in [-0.1, -0.05) is 0 Å². The molecule has 25 heavy (non-hydrogen) atoms. The molecule has 0 unspecified atom stereocenters. The molecule has 0 fully saturated rings. The van der Waals surface area contributed by atoms with Crippen molar-refractivity contribution >= 4 is 30.4 Å². The summed E-state index contributed by atoms with van der Waals surface area (Å²) in [5, 5.41) is 23.1. The lowest BCUT2D eigenvalue weighted by atomic mass is 10.1. The highest BCUT2D eigenvalue weighted by atomic mass is 32.1. The first-order valence-corrected chi connectivity index (χ1v) is 8.23. The van der Waals surface area contributed by atoms with E-state index in [-0.39, 0.29) is 18.6 Å². The molecule has 0 aliphatic carbocycles. The third-order valence-corrected chi connectivity index (χ3v) is 3.71. The number of aliphatic hydroxyl groups excluding tert-OH is 1. The van der Waals surface area contributed by atoms with Gasteiger partial charge in [-0.25, -0.2) is 9.78 Å². The Morgan fingerprint density at radius 2 is 1.96 bits per heavy atom. The number of carbonyl (C=O) groups is 3. The lowest BCUT2D eigenvalue weighted by molar-refractivity contribution is -0.141. The van der Waals surface area contributed by atoms with E-state index in [2.05, 4.69) is 33.2 Å². The van der Waals surface area contributed by atoms with Gasteiger partial charge < -0.3 is 31.6 Å². The summed E-state index contributed by atoms with van der Waals surface area (Å²) in [6, 6.07) is -3.25. The van der Waals surface area contributed by atoms with Gasteiger partial charge in [-0.2, -0.15) is 12.6 Å². The predicted molar refractivity (Wildman–Crippen MR) is 91.9 cm³/mol. The van der Waals surface area contributed by atoms with E-state index >= 15 is 0 Å². The van der Waals surface area contributed by atoms with Crippen LogP contribution in [0.5, 0.6) is 0 Å². The van der Waals surface area contributed by atoms with E-state index in [0.29, 0.717) is 5.69 Å². The van der Waals surface area contributed by atoms with Gasteiger partial charge in [0.05, 0.1) is 18.5 Å². The number of carbonyl (C=O) groups excluding carboxylic acids is 2. The number of amides is 2. The predicted octanol–water partition coefficient (Wildman–Crippen LogP) is -1.97.